The third-order valence-electron chi connectivity index (χ3n) is 7.54. The largest absolute Gasteiger partial charge is 0.496 e. The van der Waals surface area contributed by atoms with E-state index in [1.807, 2.05) is 29.7 Å². The smallest absolute Gasteiger partial charge is 0.271 e. The van der Waals surface area contributed by atoms with Crippen LogP contribution in [0.2, 0.25) is 0 Å². The highest BCUT2D eigenvalue weighted by atomic mass is 16.5. The molecule has 3 aliphatic rings. The number of aromatic nitrogens is 1. The molecule has 3 heterocycles. The Hall–Kier alpha value is -2.74. The van der Waals surface area contributed by atoms with Crippen LogP contribution in [0.3, 0.4) is 0 Å². The summed E-state index contributed by atoms with van der Waals surface area (Å²) < 4.78 is 19.0. The molecule has 1 saturated carbocycles. The minimum absolute atomic E-state index is 0.0486. The second-order valence-electron chi connectivity index (χ2n) is 9.63. The summed E-state index contributed by atoms with van der Waals surface area (Å²) in [6.45, 7) is 3.33. The number of methoxy groups -OCH3 is 2. The third kappa shape index (κ3) is 3.64. The second-order valence-corrected chi connectivity index (χ2v) is 9.63. The summed E-state index contributed by atoms with van der Waals surface area (Å²) in [6, 6.07) is 5.71. The van der Waals surface area contributed by atoms with Crippen LogP contribution in [-0.2, 0) is 16.1 Å². The number of ether oxygens (including phenoxy) is 3. The van der Waals surface area contributed by atoms with Gasteiger partial charge in [0.15, 0.2) is 0 Å². The summed E-state index contributed by atoms with van der Waals surface area (Å²) in [5.41, 5.74) is 0.271. The Morgan fingerprint density at radius 2 is 1.88 bits per heavy atom. The maximum atomic E-state index is 13.9. The van der Waals surface area contributed by atoms with Crippen LogP contribution in [-0.4, -0.2) is 66.3 Å². The van der Waals surface area contributed by atoms with Crippen LogP contribution < -0.4 is 14.8 Å². The van der Waals surface area contributed by atoms with Gasteiger partial charge in [-0.05, 0) is 50.8 Å². The highest BCUT2D eigenvalue weighted by Gasteiger charge is 2.49. The highest BCUT2D eigenvalue weighted by Crippen LogP contribution is 2.40. The van der Waals surface area contributed by atoms with Crippen molar-refractivity contribution in [3.05, 3.63) is 23.9 Å². The van der Waals surface area contributed by atoms with E-state index in [1.54, 1.807) is 19.1 Å². The van der Waals surface area contributed by atoms with Crippen molar-refractivity contribution in [1.29, 1.82) is 0 Å². The molecule has 0 spiro atoms. The minimum atomic E-state index is -1.04. The van der Waals surface area contributed by atoms with E-state index in [-0.39, 0.29) is 24.0 Å². The van der Waals surface area contributed by atoms with E-state index in [0.29, 0.717) is 36.9 Å². The number of hydrogen-bond donors (Lipinski definition) is 1. The summed E-state index contributed by atoms with van der Waals surface area (Å²) in [7, 11) is 3.23. The predicted octanol–water partition coefficient (Wildman–Crippen LogP) is 3.11. The Morgan fingerprint density at radius 3 is 2.55 bits per heavy atom. The summed E-state index contributed by atoms with van der Waals surface area (Å²) in [5.74, 6) is 1.05. The first-order chi connectivity index (χ1) is 16.0. The molecule has 5 rings (SSSR count). The van der Waals surface area contributed by atoms with Gasteiger partial charge in [0.25, 0.3) is 5.91 Å². The molecule has 1 aliphatic carbocycles. The standard InChI is InChI=1S/C25H33N3O5/c1-25(24(30)26-16-7-4-5-8-16)15-27-19(23(29)28(25)14-17-9-6-12-33-17)13-18-20(31-2)10-11-21(32-3)22(18)27/h10-11,13,16-17H,4-9,12,14-15H2,1-3H3,(H,26,30). The lowest BCUT2D eigenvalue weighted by molar-refractivity contribution is -0.134. The Kier molecular flexibility index (Phi) is 5.72. The number of hydrogen-bond acceptors (Lipinski definition) is 5. The fraction of sp³-hybridized carbons (Fsp3) is 0.600. The van der Waals surface area contributed by atoms with Gasteiger partial charge < -0.3 is 29.0 Å². The van der Waals surface area contributed by atoms with Crippen LogP contribution in [0.1, 0.15) is 55.9 Å². The van der Waals surface area contributed by atoms with Crippen LogP contribution >= 0.6 is 0 Å². The topological polar surface area (TPSA) is 82.0 Å². The summed E-state index contributed by atoms with van der Waals surface area (Å²) in [5, 5.41) is 4.05. The molecule has 2 atom stereocenters. The molecule has 0 bridgehead atoms. The summed E-state index contributed by atoms with van der Waals surface area (Å²) in [6.07, 6.45) is 6.07. The molecule has 1 aromatic heterocycles. The van der Waals surface area contributed by atoms with Gasteiger partial charge in [-0.3, -0.25) is 9.59 Å². The molecule has 1 N–H and O–H groups in total. The Bertz CT molecular complexity index is 1070. The molecule has 1 saturated heterocycles. The maximum Gasteiger partial charge on any atom is 0.271 e. The molecule has 0 radical (unpaired) electrons. The number of rotatable bonds is 6. The summed E-state index contributed by atoms with van der Waals surface area (Å²) in [4.78, 5) is 29.4. The van der Waals surface area contributed by atoms with Gasteiger partial charge in [0.05, 0.1) is 32.4 Å². The van der Waals surface area contributed by atoms with E-state index >= 15 is 0 Å². The van der Waals surface area contributed by atoms with Crippen LogP contribution in [0, 0.1) is 0 Å². The van der Waals surface area contributed by atoms with Crippen molar-refractivity contribution < 1.29 is 23.8 Å². The van der Waals surface area contributed by atoms with Gasteiger partial charge in [-0.15, -0.1) is 0 Å². The molecule has 2 amide bonds. The van der Waals surface area contributed by atoms with Crippen molar-refractivity contribution in [2.24, 2.45) is 0 Å². The Balaban J connectivity index is 1.60. The zero-order chi connectivity index (χ0) is 23.2. The molecular formula is C25H33N3O5. The molecule has 2 fully saturated rings. The predicted molar refractivity (Wildman–Crippen MR) is 124 cm³/mol. The molecule has 2 aromatic rings. The monoisotopic (exact) mass is 455 g/mol. The van der Waals surface area contributed by atoms with E-state index in [9.17, 15) is 9.59 Å². The van der Waals surface area contributed by atoms with Gasteiger partial charge in [0.1, 0.15) is 22.7 Å². The minimum Gasteiger partial charge on any atom is -0.496 e. The van der Waals surface area contributed by atoms with Crippen LogP contribution in [0.15, 0.2) is 18.2 Å². The third-order valence-corrected chi connectivity index (χ3v) is 7.54. The quantitative estimate of drug-likeness (QED) is 0.724. The fourth-order valence-electron chi connectivity index (χ4n) is 5.64. The number of nitrogens with zero attached hydrogens (tertiary/aromatic N) is 2. The van der Waals surface area contributed by atoms with E-state index < -0.39 is 5.54 Å². The highest BCUT2D eigenvalue weighted by molar-refractivity contribution is 6.06. The van der Waals surface area contributed by atoms with E-state index in [2.05, 4.69) is 5.32 Å². The van der Waals surface area contributed by atoms with Crippen LogP contribution in [0.5, 0.6) is 11.5 Å². The van der Waals surface area contributed by atoms with Crippen molar-refractivity contribution in [1.82, 2.24) is 14.8 Å². The number of carbonyl (C=O) groups excluding carboxylic acids is 2. The average Bonchev–Trinajstić information content (AvgIpc) is 3.58. The van der Waals surface area contributed by atoms with Crippen molar-refractivity contribution in [2.45, 2.75) is 69.7 Å². The molecule has 2 aliphatic heterocycles. The van der Waals surface area contributed by atoms with Gasteiger partial charge in [-0.1, -0.05) is 12.8 Å². The van der Waals surface area contributed by atoms with Crippen molar-refractivity contribution in [2.75, 3.05) is 27.4 Å². The first-order valence-corrected chi connectivity index (χ1v) is 11.9. The molecule has 1 aromatic carbocycles. The number of fused-ring (bicyclic) bond motifs is 3. The van der Waals surface area contributed by atoms with E-state index in [4.69, 9.17) is 14.2 Å². The van der Waals surface area contributed by atoms with Crippen molar-refractivity contribution >= 4 is 22.7 Å². The van der Waals surface area contributed by atoms with E-state index in [0.717, 1.165) is 49.4 Å². The molecular weight excluding hydrogens is 422 g/mol. The SMILES string of the molecule is COc1ccc(OC)c2c1cc1n2CC(C)(C(=O)NC2CCCC2)N(CC2CCCO2)C1=O. The van der Waals surface area contributed by atoms with E-state index in [1.165, 1.54) is 0 Å². The van der Waals surface area contributed by atoms with Gasteiger partial charge in [-0.25, -0.2) is 0 Å². The molecule has 178 valence electrons. The maximum absolute atomic E-state index is 13.9. The molecule has 33 heavy (non-hydrogen) atoms. The van der Waals surface area contributed by atoms with Crippen LogP contribution in [0.25, 0.3) is 10.9 Å². The number of benzene rings is 1. The normalized spacial score (nSPS) is 25.5. The second kappa shape index (κ2) is 8.56. The van der Waals surface area contributed by atoms with Gasteiger partial charge in [0.2, 0.25) is 5.91 Å². The van der Waals surface area contributed by atoms with Crippen molar-refractivity contribution in [3.63, 3.8) is 0 Å². The fourth-order valence-corrected chi connectivity index (χ4v) is 5.64. The van der Waals surface area contributed by atoms with Gasteiger partial charge in [0, 0.05) is 24.6 Å². The van der Waals surface area contributed by atoms with Crippen LogP contribution in [0.4, 0.5) is 0 Å². The van der Waals surface area contributed by atoms with Gasteiger partial charge in [-0.2, -0.15) is 0 Å². The molecule has 8 nitrogen and oxygen atoms in total. The first kappa shape index (κ1) is 22.1. The zero-order valence-corrected chi connectivity index (χ0v) is 19.7. The lowest BCUT2D eigenvalue weighted by Gasteiger charge is -2.45. The molecule has 2 unspecified atom stereocenters. The lowest BCUT2D eigenvalue weighted by atomic mass is 9.93. The zero-order valence-electron chi connectivity index (χ0n) is 19.7. The lowest BCUT2D eigenvalue weighted by Crippen LogP contribution is -2.65. The Labute approximate surface area is 194 Å². The molecule has 8 heteroatoms. The van der Waals surface area contributed by atoms with Crippen molar-refractivity contribution in [3.8, 4) is 11.5 Å². The number of amides is 2. The van der Waals surface area contributed by atoms with Gasteiger partial charge >= 0.3 is 0 Å². The first-order valence-electron chi connectivity index (χ1n) is 11.9. The Morgan fingerprint density at radius 1 is 1.15 bits per heavy atom. The average molecular weight is 456 g/mol. The summed E-state index contributed by atoms with van der Waals surface area (Å²) >= 11 is 0. The number of carbonyl (C=O) groups is 2. The number of nitrogens with one attached hydrogen (secondary N) is 1.